The molecule has 7 nitrogen and oxygen atoms in total. The van der Waals surface area contributed by atoms with Crippen LogP contribution in [-0.2, 0) is 4.79 Å². The Hall–Kier alpha value is -3.39. The summed E-state index contributed by atoms with van der Waals surface area (Å²) in [4.78, 5) is 20.1. The molecule has 3 aromatic rings. The lowest BCUT2D eigenvalue weighted by Crippen LogP contribution is -2.36. The minimum Gasteiger partial charge on any atom is -0.497 e. The van der Waals surface area contributed by atoms with Gasteiger partial charge in [-0.15, -0.1) is 11.3 Å². The summed E-state index contributed by atoms with van der Waals surface area (Å²) < 4.78 is 12.6. The lowest BCUT2D eigenvalue weighted by atomic mass is 10.1. The van der Waals surface area contributed by atoms with Gasteiger partial charge in [-0.05, 0) is 32.0 Å². The minimum absolute atomic E-state index is 0.0188. The van der Waals surface area contributed by atoms with Crippen LogP contribution in [0.2, 0.25) is 0 Å². The molecule has 160 valence electrons. The van der Waals surface area contributed by atoms with E-state index in [1.165, 1.54) is 11.3 Å². The first kappa shape index (κ1) is 20.9. The molecule has 1 aromatic heterocycles. The summed E-state index contributed by atoms with van der Waals surface area (Å²) in [5.74, 6) is 1.22. The van der Waals surface area contributed by atoms with E-state index in [4.69, 9.17) is 14.6 Å². The van der Waals surface area contributed by atoms with E-state index in [9.17, 15) is 4.79 Å². The Labute approximate surface area is 184 Å². The van der Waals surface area contributed by atoms with Crippen molar-refractivity contribution in [2.75, 3.05) is 26.2 Å². The first-order chi connectivity index (χ1) is 15.0. The van der Waals surface area contributed by atoms with E-state index in [-0.39, 0.29) is 11.9 Å². The van der Waals surface area contributed by atoms with E-state index in [0.717, 1.165) is 22.5 Å². The lowest BCUT2D eigenvalue weighted by molar-refractivity contribution is -0.112. The predicted octanol–water partition coefficient (Wildman–Crippen LogP) is 3.77. The number of hydrogen-bond donors (Lipinski definition) is 0. The van der Waals surface area contributed by atoms with Gasteiger partial charge in [-0.3, -0.25) is 9.79 Å². The Morgan fingerprint density at radius 2 is 1.81 bits per heavy atom. The van der Waals surface area contributed by atoms with Gasteiger partial charge in [-0.2, -0.15) is 5.10 Å². The van der Waals surface area contributed by atoms with Crippen molar-refractivity contribution in [3.63, 3.8) is 0 Å². The van der Waals surface area contributed by atoms with Crippen LogP contribution >= 0.6 is 11.3 Å². The second-order valence-electron chi connectivity index (χ2n) is 7.24. The number of aromatic nitrogens is 1. The summed E-state index contributed by atoms with van der Waals surface area (Å²) in [6.07, 6.45) is 0. The van der Waals surface area contributed by atoms with E-state index >= 15 is 0 Å². The van der Waals surface area contributed by atoms with Crippen molar-refractivity contribution in [2.45, 2.75) is 19.9 Å². The van der Waals surface area contributed by atoms with Crippen LogP contribution in [0.15, 0.2) is 57.9 Å². The molecule has 0 bridgehead atoms. The van der Waals surface area contributed by atoms with E-state index in [1.54, 1.807) is 30.8 Å². The summed E-state index contributed by atoms with van der Waals surface area (Å²) in [5.41, 5.74) is 3.70. The normalized spacial score (nSPS) is 15.2. The SMILES string of the molecule is CN=c1scc(-c2ccc(OC)cc2OC)n1N=C1C(=O)N(C(C)C)c2ccccc21. The van der Waals surface area contributed by atoms with Crippen molar-refractivity contribution >= 4 is 28.6 Å². The average Bonchev–Trinajstić information content (AvgIpc) is 3.31. The monoisotopic (exact) mass is 436 g/mol. The number of fused-ring (bicyclic) bond motifs is 1. The van der Waals surface area contributed by atoms with E-state index < -0.39 is 0 Å². The maximum atomic E-state index is 13.3. The molecule has 4 rings (SSSR count). The quantitative estimate of drug-likeness (QED) is 0.611. The predicted molar refractivity (Wildman–Crippen MR) is 123 cm³/mol. The lowest BCUT2D eigenvalue weighted by Gasteiger charge is -2.20. The van der Waals surface area contributed by atoms with Crippen LogP contribution in [0.25, 0.3) is 11.3 Å². The zero-order valence-corrected chi connectivity index (χ0v) is 18.9. The third-order valence-corrected chi connectivity index (χ3v) is 6.03. The number of anilines is 1. The Morgan fingerprint density at radius 3 is 2.48 bits per heavy atom. The van der Waals surface area contributed by atoms with Crippen LogP contribution in [0.3, 0.4) is 0 Å². The number of rotatable bonds is 5. The fourth-order valence-electron chi connectivity index (χ4n) is 3.68. The van der Waals surface area contributed by atoms with Crippen LogP contribution in [0, 0.1) is 0 Å². The highest BCUT2D eigenvalue weighted by molar-refractivity contribution is 7.07. The molecular formula is C23H24N4O3S. The zero-order valence-electron chi connectivity index (χ0n) is 18.1. The van der Waals surface area contributed by atoms with Gasteiger partial charge in [0.2, 0.25) is 4.80 Å². The van der Waals surface area contributed by atoms with Crippen LogP contribution < -0.4 is 19.2 Å². The van der Waals surface area contributed by atoms with Crippen molar-refractivity contribution < 1.29 is 14.3 Å². The van der Waals surface area contributed by atoms with Gasteiger partial charge >= 0.3 is 0 Å². The fraction of sp³-hybridized carbons (Fsp3) is 0.261. The molecule has 31 heavy (non-hydrogen) atoms. The number of carbonyl (C=O) groups is 1. The number of hydrogen-bond acceptors (Lipinski definition) is 6. The number of carbonyl (C=O) groups excluding carboxylic acids is 1. The summed E-state index contributed by atoms with van der Waals surface area (Å²) in [6, 6.07) is 13.4. The first-order valence-corrected chi connectivity index (χ1v) is 10.8. The molecule has 0 unspecified atom stereocenters. The Balaban J connectivity index is 1.93. The van der Waals surface area contributed by atoms with Gasteiger partial charge in [0.1, 0.15) is 11.5 Å². The molecule has 2 heterocycles. The Bertz CT molecular complexity index is 1240. The van der Waals surface area contributed by atoms with Gasteiger partial charge in [-0.25, -0.2) is 4.68 Å². The van der Waals surface area contributed by atoms with Crippen LogP contribution in [0.5, 0.6) is 11.5 Å². The van der Waals surface area contributed by atoms with Gasteiger partial charge in [0.15, 0.2) is 5.71 Å². The van der Waals surface area contributed by atoms with Gasteiger partial charge in [-0.1, -0.05) is 18.2 Å². The smallest absolute Gasteiger partial charge is 0.279 e. The molecule has 0 fully saturated rings. The number of methoxy groups -OCH3 is 2. The van der Waals surface area contributed by atoms with Gasteiger partial charge in [0.25, 0.3) is 5.91 Å². The van der Waals surface area contributed by atoms with Crippen molar-refractivity contribution in [1.82, 2.24) is 4.68 Å². The highest BCUT2D eigenvalue weighted by atomic mass is 32.1. The molecule has 0 aliphatic carbocycles. The summed E-state index contributed by atoms with van der Waals surface area (Å²) in [6.45, 7) is 3.99. The number of nitrogens with zero attached hydrogens (tertiary/aromatic N) is 4. The van der Waals surface area contributed by atoms with Gasteiger partial charge < -0.3 is 14.4 Å². The molecule has 0 spiro atoms. The van der Waals surface area contributed by atoms with Crippen molar-refractivity contribution in [2.24, 2.45) is 10.1 Å². The standard InChI is InChI=1S/C23H24N4O3S/c1-14(2)26-18-9-7-6-8-17(18)21(22(26)28)25-27-19(13-31-23(27)24-3)16-11-10-15(29-4)12-20(16)30-5/h6-14H,1-5H3. The maximum Gasteiger partial charge on any atom is 0.279 e. The van der Waals surface area contributed by atoms with Crippen LogP contribution in [-0.4, -0.2) is 43.6 Å². The topological polar surface area (TPSA) is 68.4 Å². The highest BCUT2D eigenvalue weighted by Gasteiger charge is 2.35. The molecule has 1 amide bonds. The van der Waals surface area contributed by atoms with Crippen molar-refractivity contribution in [3.8, 4) is 22.8 Å². The van der Waals surface area contributed by atoms with E-state index in [0.29, 0.717) is 22.0 Å². The summed E-state index contributed by atoms with van der Waals surface area (Å²) in [7, 11) is 4.94. The minimum atomic E-state index is -0.121. The third kappa shape index (κ3) is 3.53. The molecule has 0 atom stereocenters. The molecule has 0 radical (unpaired) electrons. The highest BCUT2D eigenvalue weighted by Crippen LogP contribution is 2.35. The maximum absolute atomic E-state index is 13.3. The summed E-state index contributed by atoms with van der Waals surface area (Å²) >= 11 is 1.45. The number of thiazole rings is 1. The van der Waals surface area contributed by atoms with Crippen molar-refractivity contribution in [1.29, 1.82) is 0 Å². The van der Waals surface area contributed by atoms with Gasteiger partial charge in [0, 0.05) is 35.7 Å². The van der Waals surface area contributed by atoms with Crippen LogP contribution in [0.4, 0.5) is 5.69 Å². The number of amides is 1. The molecule has 8 heteroatoms. The number of para-hydroxylation sites is 1. The Kier molecular flexibility index (Phi) is 5.65. The van der Waals surface area contributed by atoms with Gasteiger partial charge in [0.05, 0.1) is 25.6 Å². The molecular weight excluding hydrogens is 412 g/mol. The second kappa shape index (κ2) is 8.39. The molecule has 0 saturated carbocycles. The van der Waals surface area contributed by atoms with Crippen molar-refractivity contribution in [3.05, 3.63) is 58.2 Å². The van der Waals surface area contributed by atoms with E-state index in [2.05, 4.69) is 4.99 Å². The Morgan fingerprint density at radius 1 is 1.03 bits per heavy atom. The second-order valence-corrected chi connectivity index (χ2v) is 8.08. The fourth-order valence-corrected chi connectivity index (χ4v) is 4.46. The summed E-state index contributed by atoms with van der Waals surface area (Å²) in [5, 5.41) is 6.77. The van der Waals surface area contributed by atoms with Crippen LogP contribution in [0.1, 0.15) is 19.4 Å². The van der Waals surface area contributed by atoms with E-state index in [1.807, 2.05) is 61.7 Å². The molecule has 1 aliphatic rings. The third-order valence-electron chi connectivity index (χ3n) is 5.12. The number of ether oxygens (including phenoxy) is 2. The molecule has 1 aliphatic heterocycles. The number of benzene rings is 2. The average molecular weight is 437 g/mol. The largest absolute Gasteiger partial charge is 0.497 e. The molecule has 2 aromatic carbocycles. The molecule has 0 N–H and O–H groups in total. The zero-order chi connectivity index (χ0) is 22.1. The first-order valence-electron chi connectivity index (χ1n) is 9.87. The molecule has 0 saturated heterocycles.